The maximum absolute atomic E-state index is 11.9. The maximum Gasteiger partial charge on any atom is 0.266 e. The maximum atomic E-state index is 11.9. The van der Waals surface area contributed by atoms with Crippen LogP contribution in [0.25, 0.3) is 6.08 Å². The Morgan fingerprint density at radius 3 is 2.78 bits per heavy atom. The van der Waals surface area contributed by atoms with Crippen LogP contribution in [-0.4, -0.2) is 32.6 Å². The van der Waals surface area contributed by atoms with Gasteiger partial charge >= 0.3 is 0 Å². The molecule has 0 bridgehead atoms. The molecule has 0 atom stereocenters. The molecule has 5 nitrogen and oxygen atoms in total. The summed E-state index contributed by atoms with van der Waals surface area (Å²) in [7, 11) is 0. The number of hydrogen-bond acceptors (Lipinski definition) is 6. The quantitative estimate of drug-likeness (QED) is 0.574. The van der Waals surface area contributed by atoms with E-state index in [-0.39, 0.29) is 4.32 Å². The minimum atomic E-state index is -1.34. The Morgan fingerprint density at radius 1 is 1.50 bits per heavy atom. The zero-order valence-electron chi connectivity index (χ0n) is 9.03. The van der Waals surface area contributed by atoms with E-state index in [2.05, 4.69) is 4.98 Å². The number of hydrogen-bond donors (Lipinski definition) is 0. The molecule has 1 aliphatic rings. The summed E-state index contributed by atoms with van der Waals surface area (Å²) in [5, 5.41) is 10.5. The van der Waals surface area contributed by atoms with Crippen LogP contribution in [0.1, 0.15) is 5.56 Å². The highest BCUT2D eigenvalue weighted by Crippen LogP contribution is 2.31. The average Bonchev–Trinajstić information content (AvgIpc) is 2.58. The first kappa shape index (κ1) is 12.7. The lowest BCUT2D eigenvalue weighted by Gasteiger charge is -2.14. The van der Waals surface area contributed by atoms with E-state index < -0.39 is 18.4 Å². The van der Waals surface area contributed by atoms with E-state index in [9.17, 15) is 14.7 Å². The molecule has 1 aromatic heterocycles. The molecule has 2 rings (SSSR count). The van der Waals surface area contributed by atoms with Crippen molar-refractivity contribution < 1.29 is 14.7 Å². The molecule has 0 aliphatic carbocycles. The van der Waals surface area contributed by atoms with Gasteiger partial charge in [-0.05, 0) is 23.8 Å². The second kappa shape index (κ2) is 5.28. The summed E-state index contributed by atoms with van der Waals surface area (Å²) in [6, 6.07) is 3.48. The molecule has 1 aromatic rings. The fourth-order valence-corrected chi connectivity index (χ4v) is 2.63. The van der Waals surface area contributed by atoms with Crippen molar-refractivity contribution >= 4 is 46.3 Å². The fourth-order valence-electron chi connectivity index (χ4n) is 1.38. The van der Waals surface area contributed by atoms with Crippen LogP contribution in [0.3, 0.4) is 0 Å². The van der Waals surface area contributed by atoms with E-state index in [1.807, 2.05) is 0 Å². The van der Waals surface area contributed by atoms with Gasteiger partial charge < -0.3 is 9.90 Å². The molecule has 7 heteroatoms. The third kappa shape index (κ3) is 2.74. The van der Waals surface area contributed by atoms with Gasteiger partial charge in [-0.15, -0.1) is 0 Å². The summed E-state index contributed by atoms with van der Waals surface area (Å²) in [5.74, 6) is -1.75. The van der Waals surface area contributed by atoms with Crippen molar-refractivity contribution in [3.8, 4) is 0 Å². The monoisotopic (exact) mass is 279 g/mol. The van der Waals surface area contributed by atoms with Gasteiger partial charge in [0, 0.05) is 12.4 Å². The number of carbonyl (C=O) groups excluding carboxylic acids is 2. The summed E-state index contributed by atoms with van der Waals surface area (Å²) in [6.07, 6.45) is 4.86. The van der Waals surface area contributed by atoms with E-state index in [0.29, 0.717) is 4.91 Å². The van der Waals surface area contributed by atoms with Crippen LogP contribution in [0, 0.1) is 0 Å². The summed E-state index contributed by atoms with van der Waals surface area (Å²) < 4.78 is 0.226. The molecular formula is C11H7N2O3S2-. The van der Waals surface area contributed by atoms with E-state index in [0.717, 1.165) is 22.2 Å². The third-order valence-corrected chi connectivity index (χ3v) is 3.54. The van der Waals surface area contributed by atoms with Gasteiger partial charge in [-0.3, -0.25) is 14.7 Å². The Kier molecular flexibility index (Phi) is 3.73. The lowest BCUT2D eigenvalue weighted by molar-refractivity contribution is -0.305. The van der Waals surface area contributed by atoms with Crippen LogP contribution in [0.2, 0.25) is 0 Å². The Labute approximate surface area is 113 Å². The Bertz CT molecular complexity index is 542. The number of aromatic nitrogens is 1. The number of pyridine rings is 1. The van der Waals surface area contributed by atoms with E-state index >= 15 is 0 Å². The second-order valence-corrected chi connectivity index (χ2v) is 5.10. The van der Waals surface area contributed by atoms with Crippen molar-refractivity contribution in [2.75, 3.05) is 6.54 Å². The zero-order chi connectivity index (χ0) is 13.1. The van der Waals surface area contributed by atoms with Gasteiger partial charge in [-0.2, -0.15) is 0 Å². The number of carboxylic acid groups (broad SMARTS) is 1. The van der Waals surface area contributed by atoms with E-state index in [4.69, 9.17) is 12.2 Å². The molecule has 0 unspecified atom stereocenters. The van der Waals surface area contributed by atoms with Gasteiger partial charge in [-0.1, -0.05) is 24.0 Å². The molecule has 1 aliphatic heterocycles. The Morgan fingerprint density at radius 2 is 2.17 bits per heavy atom. The van der Waals surface area contributed by atoms with Crippen molar-refractivity contribution in [2.24, 2.45) is 0 Å². The number of rotatable bonds is 3. The number of nitrogens with zero attached hydrogens (tertiary/aromatic N) is 2. The van der Waals surface area contributed by atoms with Gasteiger partial charge in [-0.25, -0.2) is 0 Å². The highest BCUT2D eigenvalue weighted by molar-refractivity contribution is 8.26. The van der Waals surface area contributed by atoms with Crippen LogP contribution in [0.5, 0.6) is 0 Å². The zero-order valence-corrected chi connectivity index (χ0v) is 10.7. The number of carboxylic acids is 1. The molecule has 1 saturated heterocycles. The van der Waals surface area contributed by atoms with E-state index in [1.54, 1.807) is 30.6 Å². The predicted molar refractivity (Wildman–Crippen MR) is 69.1 cm³/mol. The van der Waals surface area contributed by atoms with Crippen molar-refractivity contribution in [1.82, 2.24) is 9.88 Å². The van der Waals surface area contributed by atoms with Crippen molar-refractivity contribution in [3.63, 3.8) is 0 Å². The molecule has 1 fully saturated rings. The molecule has 0 spiro atoms. The predicted octanol–water partition coefficient (Wildman–Crippen LogP) is 0.0327. The van der Waals surface area contributed by atoms with Gasteiger partial charge in [0.1, 0.15) is 4.32 Å². The first-order chi connectivity index (χ1) is 8.58. The number of aliphatic carboxylic acids is 1. The van der Waals surface area contributed by atoms with E-state index in [1.165, 1.54) is 0 Å². The molecule has 18 heavy (non-hydrogen) atoms. The molecular weight excluding hydrogens is 272 g/mol. The summed E-state index contributed by atoms with van der Waals surface area (Å²) in [6.45, 7) is -0.516. The van der Waals surface area contributed by atoms with Crippen molar-refractivity contribution in [3.05, 3.63) is 35.0 Å². The number of amides is 1. The molecule has 1 amide bonds. The number of thiocarbonyl (C=S) groups is 1. The SMILES string of the molecule is O=C([O-])CN1C(=O)/C(=C/c2ccncc2)SC1=S. The van der Waals surface area contributed by atoms with Crippen LogP contribution in [0.15, 0.2) is 29.4 Å². The number of thioether (sulfide) groups is 1. The lowest BCUT2D eigenvalue weighted by Crippen LogP contribution is -2.40. The largest absolute Gasteiger partial charge is 0.548 e. The fraction of sp³-hybridized carbons (Fsp3) is 0.0909. The molecule has 0 N–H and O–H groups in total. The third-order valence-electron chi connectivity index (χ3n) is 2.16. The van der Waals surface area contributed by atoms with Crippen LogP contribution in [0.4, 0.5) is 0 Å². The molecule has 2 heterocycles. The first-order valence-corrected chi connectivity index (χ1v) is 6.15. The Hall–Kier alpha value is -1.73. The highest BCUT2D eigenvalue weighted by Gasteiger charge is 2.31. The van der Waals surface area contributed by atoms with Crippen molar-refractivity contribution in [2.45, 2.75) is 0 Å². The average molecular weight is 279 g/mol. The second-order valence-electron chi connectivity index (χ2n) is 3.42. The normalized spacial score (nSPS) is 17.6. The van der Waals surface area contributed by atoms with Gasteiger partial charge in [0.15, 0.2) is 0 Å². The van der Waals surface area contributed by atoms with Crippen LogP contribution in [-0.2, 0) is 9.59 Å². The number of carbonyl (C=O) groups is 2. The summed E-state index contributed by atoms with van der Waals surface area (Å²) in [4.78, 5) is 27.7. The van der Waals surface area contributed by atoms with Crippen LogP contribution < -0.4 is 5.11 Å². The molecule has 0 radical (unpaired) electrons. The van der Waals surface area contributed by atoms with Gasteiger partial charge in [0.2, 0.25) is 0 Å². The minimum absolute atomic E-state index is 0.226. The standard InChI is InChI=1S/C11H8N2O3S2/c14-9(15)6-13-10(16)8(18-11(13)17)5-7-1-3-12-4-2-7/h1-5H,6H2,(H,14,15)/p-1/b8-5-. The van der Waals surface area contributed by atoms with Gasteiger partial charge in [0.25, 0.3) is 5.91 Å². The lowest BCUT2D eigenvalue weighted by atomic mass is 10.2. The smallest absolute Gasteiger partial charge is 0.266 e. The topological polar surface area (TPSA) is 73.3 Å². The van der Waals surface area contributed by atoms with Crippen LogP contribution >= 0.6 is 24.0 Å². The first-order valence-electron chi connectivity index (χ1n) is 4.93. The summed E-state index contributed by atoms with van der Waals surface area (Å²) in [5.41, 5.74) is 0.805. The molecule has 0 aromatic carbocycles. The van der Waals surface area contributed by atoms with Crippen molar-refractivity contribution in [1.29, 1.82) is 0 Å². The highest BCUT2D eigenvalue weighted by atomic mass is 32.2. The molecule has 0 saturated carbocycles. The minimum Gasteiger partial charge on any atom is -0.548 e. The molecule has 92 valence electrons. The Balaban J connectivity index is 2.23. The van der Waals surface area contributed by atoms with Gasteiger partial charge in [0.05, 0.1) is 17.4 Å². The summed E-state index contributed by atoms with van der Waals surface area (Å²) >= 11 is 6.03.